The van der Waals surface area contributed by atoms with Crippen molar-refractivity contribution < 1.29 is 17.2 Å². The van der Waals surface area contributed by atoms with Gasteiger partial charge >= 0.3 is 0 Å². The minimum absolute atomic E-state index is 0.0405. The van der Waals surface area contributed by atoms with Crippen LogP contribution in [0.1, 0.15) is 5.56 Å². The Balaban J connectivity index is 2.37. The number of hydrogen-bond donors (Lipinski definition) is 2. The van der Waals surface area contributed by atoms with Gasteiger partial charge in [-0.25, -0.2) is 17.2 Å². The van der Waals surface area contributed by atoms with Gasteiger partial charge in [-0.3, -0.25) is 4.72 Å². The lowest BCUT2D eigenvalue weighted by Gasteiger charge is -2.10. The molecule has 0 aromatic heterocycles. The average molecular weight is 309 g/mol. The van der Waals surface area contributed by atoms with Gasteiger partial charge in [0.25, 0.3) is 10.0 Å². The zero-order chi connectivity index (χ0) is 15.6. The monoisotopic (exact) mass is 309 g/mol. The molecule has 0 atom stereocenters. The molecule has 0 spiro atoms. The minimum Gasteiger partial charge on any atom is -0.397 e. The molecular formula is C13H9F2N3O2S. The Bertz CT molecular complexity index is 845. The van der Waals surface area contributed by atoms with Crippen LogP contribution < -0.4 is 10.5 Å². The second-order valence-corrected chi connectivity index (χ2v) is 5.78. The highest BCUT2D eigenvalue weighted by Crippen LogP contribution is 2.23. The van der Waals surface area contributed by atoms with Crippen molar-refractivity contribution in [3.05, 3.63) is 53.6 Å². The molecule has 3 N–H and O–H groups in total. The van der Waals surface area contributed by atoms with Crippen molar-refractivity contribution in [3.8, 4) is 6.07 Å². The standard InChI is InChI=1S/C13H9F2N3O2S/c14-10-3-2-9(6-11(10)15)21(19,20)18-13-4-1-8(7-16)5-12(13)17/h1-6,18H,17H2. The van der Waals surface area contributed by atoms with E-state index >= 15 is 0 Å². The van der Waals surface area contributed by atoms with Gasteiger partial charge in [0, 0.05) is 0 Å². The Morgan fingerprint density at radius 2 is 1.81 bits per heavy atom. The van der Waals surface area contributed by atoms with E-state index in [0.717, 1.165) is 6.07 Å². The van der Waals surface area contributed by atoms with Crippen molar-refractivity contribution in [3.63, 3.8) is 0 Å². The Kier molecular flexibility index (Phi) is 3.78. The van der Waals surface area contributed by atoms with Crippen LogP contribution >= 0.6 is 0 Å². The van der Waals surface area contributed by atoms with Crippen LogP contribution in [-0.4, -0.2) is 8.42 Å². The number of nitrogens with one attached hydrogen (secondary N) is 1. The molecule has 0 radical (unpaired) electrons. The fraction of sp³-hybridized carbons (Fsp3) is 0. The minimum atomic E-state index is -4.11. The predicted octanol–water partition coefficient (Wildman–Crippen LogP) is 2.22. The number of nitrogens with two attached hydrogens (primary N) is 1. The van der Waals surface area contributed by atoms with Gasteiger partial charge in [0.2, 0.25) is 0 Å². The van der Waals surface area contributed by atoms with Crippen LogP contribution in [0.3, 0.4) is 0 Å². The molecule has 21 heavy (non-hydrogen) atoms. The largest absolute Gasteiger partial charge is 0.397 e. The number of nitrogen functional groups attached to an aromatic ring is 1. The zero-order valence-corrected chi connectivity index (χ0v) is 11.3. The normalized spacial score (nSPS) is 10.9. The Hall–Kier alpha value is -2.66. The van der Waals surface area contributed by atoms with Gasteiger partial charge < -0.3 is 5.73 Å². The first-order valence-electron chi connectivity index (χ1n) is 5.61. The molecule has 2 aromatic carbocycles. The van der Waals surface area contributed by atoms with Crippen molar-refractivity contribution >= 4 is 21.4 Å². The van der Waals surface area contributed by atoms with E-state index < -0.39 is 26.6 Å². The molecule has 0 saturated heterocycles. The summed E-state index contributed by atoms with van der Waals surface area (Å²) in [5.41, 5.74) is 5.97. The zero-order valence-electron chi connectivity index (χ0n) is 10.5. The summed E-state index contributed by atoms with van der Waals surface area (Å²) in [6.45, 7) is 0. The molecule has 0 aliphatic heterocycles. The number of hydrogen-bond acceptors (Lipinski definition) is 4. The van der Waals surface area contributed by atoms with Crippen molar-refractivity contribution in [2.24, 2.45) is 0 Å². The van der Waals surface area contributed by atoms with Crippen molar-refractivity contribution in [2.75, 3.05) is 10.5 Å². The third-order valence-corrected chi connectivity index (χ3v) is 3.99. The fourth-order valence-electron chi connectivity index (χ4n) is 1.57. The molecule has 0 heterocycles. The van der Waals surface area contributed by atoms with Gasteiger partial charge in [-0.2, -0.15) is 5.26 Å². The molecule has 108 valence electrons. The molecule has 0 aliphatic carbocycles. The summed E-state index contributed by atoms with van der Waals surface area (Å²) < 4.78 is 52.2. The predicted molar refractivity (Wildman–Crippen MR) is 72.7 cm³/mol. The third kappa shape index (κ3) is 3.09. The van der Waals surface area contributed by atoms with E-state index in [1.54, 1.807) is 0 Å². The van der Waals surface area contributed by atoms with Gasteiger partial charge in [0.05, 0.1) is 27.9 Å². The number of rotatable bonds is 3. The summed E-state index contributed by atoms with van der Waals surface area (Å²) in [4.78, 5) is -0.440. The first-order valence-corrected chi connectivity index (χ1v) is 7.09. The highest BCUT2D eigenvalue weighted by molar-refractivity contribution is 7.92. The van der Waals surface area contributed by atoms with Gasteiger partial charge in [-0.1, -0.05) is 0 Å². The Labute approximate surface area is 119 Å². The van der Waals surface area contributed by atoms with E-state index in [-0.39, 0.29) is 16.9 Å². The van der Waals surface area contributed by atoms with Crippen LogP contribution in [0, 0.1) is 23.0 Å². The van der Waals surface area contributed by atoms with E-state index in [9.17, 15) is 17.2 Å². The van der Waals surface area contributed by atoms with Crippen LogP contribution in [0.15, 0.2) is 41.3 Å². The summed E-state index contributed by atoms with van der Waals surface area (Å²) in [5, 5.41) is 8.70. The maximum atomic E-state index is 13.1. The van der Waals surface area contributed by atoms with Gasteiger partial charge in [-0.15, -0.1) is 0 Å². The van der Waals surface area contributed by atoms with Crippen LogP contribution in [0.5, 0.6) is 0 Å². The second-order valence-electron chi connectivity index (χ2n) is 4.10. The molecule has 0 saturated carbocycles. The van der Waals surface area contributed by atoms with Crippen molar-refractivity contribution in [2.45, 2.75) is 4.90 Å². The SMILES string of the molecule is N#Cc1ccc(NS(=O)(=O)c2ccc(F)c(F)c2)c(N)c1. The quantitative estimate of drug-likeness (QED) is 0.850. The molecular weight excluding hydrogens is 300 g/mol. The number of halogens is 2. The average Bonchev–Trinajstić information content (AvgIpc) is 2.43. The van der Waals surface area contributed by atoms with Crippen LogP contribution in [0.25, 0.3) is 0 Å². The first kappa shape index (κ1) is 14.7. The van der Waals surface area contributed by atoms with Gasteiger partial charge in [0.15, 0.2) is 11.6 Å². The number of anilines is 2. The number of nitrogens with zero attached hydrogens (tertiary/aromatic N) is 1. The van der Waals surface area contributed by atoms with Gasteiger partial charge in [-0.05, 0) is 36.4 Å². The van der Waals surface area contributed by atoms with E-state index in [1.807, 2.05) is 6.07 Å². The molecule has 5 nitrogen and oxygen atoms in total. The van der Waals surface area contributed by atoms with Crippen molar-refractivity contribution in [1.82, 2.24) is 0 Å². The molecule has 0 bridgehead atoms. The van der Waals surface area contributed by atoms with Gasteiger partial charge in [0.1, 0.15) is 0 Å². The Morgan fingerprint density at radius 3 is 2.38 bits per heavy atom. The molecule has 0 fully saturated rings. The molecule has 8 heteroatoms. The molecule has 2 aromatic rings. The summed E-state index contributed by atoms with van der Waals surface area (Å²) in [6, 6.07) is 8.05. The van der Waals surface area contributed by atoms with Crippen LogP contribution in [-0.2, 0) is 10.0 Å². The fourth-order valence-corrected chi connectivity index (χ4v) is 2.67. The summed E-state index contributed by atoms with van der Waals surface area (Å²) in [6.07, 6.45) is 0. The summed E-state index contributed by atoms with van der Waals surface area (Å²) in [7, 11) is -4.11. The maximum Gasteiger partial charge on any atom is 0.262 e. The first-order chi connectivity index (χ1) is 9.83. The highest BCUT2D eigenvalue weighted by Gasteiger charge is 2.17. The molecule has 2 rings (SSSR count). The molecule has 0 unspecified atom stereocenters. The molecule has 0 aliphatic rings. The van der Waals surface area contributed by atoms with E-state index in [0.29, 0.717) is 12.1 Å². The number of benzene rings is 2. The van der Waals surface area contributed by atoms with E-state index in [1.165, 1.54) is 18.2 Å². The molecule has 0 amide bonds. The van der Waals surface area contributed by atoms with Crippen LogP contribution in [0.4, 0.5) is 20.2 Å². The van der Waals surface area contributed by atoms with Crippen molar-refractivity contribution in [1.29, 1.82) is 5.26 Å². The van der Waals surface area contributed by atoms with E-state index in [2.05, 4.69) is 4.72 Å². The number of nitriles is 1. The highest BCUT2D eigenvalue weighted by atomic mass is 32.2. The number of sulfonamides is 1. The maximum absolute atomic E-state index is 13.1. The lowest BCUT2D eigenvalue weighted by atomic mass is 10.2. The topological polar surface area (TPSA) is 96.0 Å². The lowest BCUT2D eigenvalue weighted by molar-refractivity contribution is 0.504. The lowest BCUT2D eigenvalue weighted by Crippen LogP contribution is -2.14. The van der Waals surface area contributed by atoms with Crippen LogP contribution in [0.2, 0.25) is 0 Å². The smallest absolute Gasteiger partial charge is 0.262 e. The summed E-state index contributed by atoms with van der Waals surface area (Å²) in [5.74, 6) is -2.42. The Morgan fingerprint density at radius 1 is 1.10 bits per heavy atom. The second kappa shape index (κ2) is 5.38. The van der Waals surface area contributed by atoms with E-state index in [4.69, 9.17) is 11.0 Å². The third-order valence-electron chi connectivity index (χ3n) is 2.63. The summed E-state index contributed by atoms with van der Waals surface area (Å²) >= 11 is 0.